The number of halogens is 3. The van der Waals surface area contributed by atoms with Crippen LogP contribution in [0.1, 0.15) is 5.56 Å². The zero-order chi connectivity index (χ0) is 13.1. The van der Waals surface area contributed by atoms with Crippen LogP contribution in [0.5, 0.6) is 0 Å². The van der Waals surface area contributed by atoms with E-state index in [-0.39, 0.29) is 6.61 Å². The van der Waals surface area contributed by atoms with Crippen LogP contribution in [0.2, 0.25) is 0 Å². The summed E-state index contributed by atoms with van der Waals surface area (Å²) >= 11 is 4.48. The van der Waals surface area contributed by atoms with Gasteiger partial charge in [0.15, 0.2) is 0 Å². The van der Waals surface area contributed by atoms with Crippen LogP contribution in [-0.2, 0) is 6.61 Å². The molecule has 1 nitrogen and oxygen atoms in total. The van der Waals surface area contributed by atoms with Gasteiger partial charge in [-0.25, -0.2) is 8.78 Å². The lowest BCUT2D eigenvalue weighted by Crippen LogP contribution is -1.89. The maximum Gasteiger partial charge on any atom is 0.140 e. The zero-order valence-corrected chi connectivity index (χ0v) is 11.6. The van der Waals surface area contributed by atoms with Gasteiger partial charge >= 0.3 is 0 Å². The van der Waals surface area contributed by atoms with Gasteiger partial charge in [0.05, 0.1) is 6.61 Å². The minimum absolute atomic E-state index is 0.127. The molecular weight excluding hydrogens is 322 g/mol. The Morgan fingerprint density at radius 3 is 2.50 bits per heavy atom. The first-order valence-corrected chi connectivity index (χ1v) is 6.73. The second kappa shape index (κ2) is 5.82. The number of aliphatic hydroxyl groups excluding tert-OH is 1. The van der Waals surface area contributed by atoms with Crippen molar-refractivity contribution < 1.29 is 13.9 Å². The van der Waals surface area contributed by atoms with Crippen molar-refractivity contribution in [3.63, 3.8) is 0 Å². The summed E-state index contributed by atoms with van der Waals surface area (Å²) in [6.45, 7) is -0.127. The summed E-state index contributed by atoms with van der Waals surface area (Å²) in [5.74, 6) is -1.21. The average Bonchev–Trinajstić information content (AvgIpc) is 2.33. The number of hydrogen-bond donors (Lipinski definition) is 1. The molecule has 2 aromatic carbocycles. The molecule has 1 N–H and O–H groups in total. The summed E-state index contributed by atoms with van der Waals surface area (Å²) in [5, 5.41) is 9.22. The predicted molar refractivity (Wildman–Crippen MR) is 70.5 cm³/mol. The van der Waals surface area contributed by atoms with Crippen LogP contribution < -0.4 is 0 Å². The van der Waals surface area contributed by atoms with Crippen molar-refractivity contribution in [3.05, 3.63) is 58.1 Å². The van der Waals surface area contributed by atoms with Gasteiger partial charge in [-0.1, -0.05) is 33.8 Å². The molecule has 0 aliphatic heterocycles. The van der Waals surface area contributed by atoms with E-state index in [4.69, 9.17) is 0 Å². The van der Waals surface area contributed by atoms with Crippen molar-refractivity contribution >= 4 is 27.7 Å². The number of benzene rings is 2. The highest BCUT2D eigenvalue weighted by Crippen LogP contribution is 2.34. The fraction of sp³-hybridized carbons (Fsp3) is 0.0769. The molecule has 0 fully saturated rings. The number of aliphatic hydroxyl groups is 1. The van der Waals surface area contributed by atoms with Crippen LogP contribution >= 0.6 is 27.7 Å². The van der Waals surface area contributed by atoms with E-state index in [0.717, 1.165) is 27.2 Å². The van der Waals surface area contributed by atoms with Crippen molar-refractivity contribution in [2.24, 2.45) is 0 Å². The SMILES string of the molecule is OCc1ccc(Br)cc1Sc1ccc(F)cc1F. The molecule has 0 heterocycles. The second-order valence-electron chi connectivity index (χ2n) is 3.59. The third-order valence-corrected chi connectivity index (χ3v) is 3.96. The Balaban J connectivity index is 2.36. The summed E-state index contributed by atoms with van der Waals surface area (Å²) in [5.41, 5.74) is 0.701. The Hall–Kier alpha value is -0.910. The highest BCUT2D eigenvalue weighted by atomic mass is 79.9. The normalized spacial score (nSPS) is 10.7. The Morgan fingerprint density at radius 1 is 1.06 bits per heavy atom. The first kappa shape index (κ1) is 13.5. The fourth-order valence-corrected chi connectivity index (χ4v) is 2.92. The lowest BCUT2D eigenvalue weighted by Gasteiger charge is -2.08. The molecule has 2 aromatic rings. The van der Waals surface area contributed by atoms with E-state index in [1.165, 1.54) is 12.1 Å². The van der Waals surface area contributed by atoms with E-state index in [9.17, 15) is 13.9 Å². The van der Waals surface area contributed by atoms with E-state index < -0.39 is 11.6 Å². The molecular formula is C13H9BrF2OS. The van der Waals surface area contributed by atoms with E-state index in [0.29, 0.717) is 10.5 Å². The fourth-order valence-electron chi connectivity index (χ4n) is 1.43. The summed E-state index contributed by atoms with van der Waals surface area (Å²) in [7, 11) is 0. The van der Waals surface area contributed by atoms with Gasteiger partial charge in [-0.15, -0.1) is 0 Å². The molecule has 18 heavy (non-hydrogen) atoms. The second-order valence-corrected chi connectivity index (χ2v) is 5.59. The van der Waals surface area contributed by atoms with Gasteiger partial charge in [-0.2, -0.15) is 0 Å². The van der Waals surface area contributed by atoms with Crippen LogP contribution in [0.25, 0.3) is 0 Å². The Labute approximate surface area is 116 Å². The van der Waals surface area contributed by atoms with E-state index >= 15 is 0 Å². The van der Waals surface area contributed by atoms with Crippen LogP contribution in [0.3, 0.4) is 0 Å². The van der Waals surface area contributed by atoms with Gasteiger partial charge in [0.1, 0.15) is 11.6 Å². The Kier molecular flexibility index (Phi) is 4.37. The molecule has 0 unspecified atom stereocenters. The topological polar surface area (TPSA) is 20.2 Å². The quantitative estimate of drug-likeness (QED) is 0.901. The molecule has 0 aliphatic rings. The third kappa shape index (κ3) is 3.10. The van der Waals surface area contributed by atoms with E-state index in [2.05, 4.69) is 15.9 Å². The molecule has 0 saturated carbocycles. The largest absolute Gasteiger partial charge is 0.392 e. The summed E-state index contributed by atoms with van der Waals surface area (Å²) < 4.78 is 27.2. The Morgan fingerprint density at radius 2 is 1.83 bits per heavy atom. The maximum absolute atomic E-state index is 13.5. The van der Waals surface area contributed by atoms with Crippen molar-refractivity contribution in [2.75, 3.05) is 0 Å². The van der Waals surface area contributed by atoms with Gasteiger partial charge in [-0.3, -0.25) is 0 Å². The minimum atomic E-state index is -0.608. The molecule has 0 atom stereocenters. The Bertz CT molecular complexity index is 575. The zero-order valence-electron chi connectivity index (χ0n) is 9.16. The lowest BCUT2D eigenvalue weighted by atomic mass is 10.2. The molecule has 0 aliphatic carbocycles. The van der Waals surface area contributed by atoms with Gasteiger partial charge in [0, 0.05) is 20.3 Å². The first-order chi connectivity index (χ1) is 8.60. The number of hydrogen-bond acceptors (Lipinski definition) is 2. The summed E-state index contributed by atoms with van der Waals surface area (Å²) in [6.07, 6.45) is 0. The van der Waals surface area contributed by atoms with Crippen molar-refractivity contribution in [1.29, 1.82) is 0 Å². The van der Waals surface area contributed by atoms with Gasteiger partial charge in [0.25, 0.3) is 0 Å². The van der Waals surface area contributed by atoms with Crippen LogP contribution in [0, 0.1) is 11.6 Å². The molecule has 0 spiro atoms. The van der Waals surface area contributed by atoms with Crippen molar-refractivity contribution in [3.8, 4) is 0 Å². The van der Waals surface area contributed by atoms with Gasteiger partial charge in [0.2, 0.25) is 0 Å². The van der Waals surface area contributed by atoms with Crippen LogP contribution in [0.15, 0.2) is 50.7 Å². The standard InChI is InChI=1S/C13H9BrF2OS/c14-9-2-1-8(7-17)13(5-9)18-12-4-3-10(15)6-11(12)16/h1-6,17H,7H2. The molecule has 0 radical (unpaired) electrons. The average molecular weight is 331 g/mol. The molecule has 0 saturated heterocycles. The predicted octanol–water partition coefficient (Wildman–Crippen LogP) is 4.37. The molecule has 0 amide bonds. The summed E-state index contributed by atoms with van der Waals surface area (Å²) in [4.78, 5) is 1.06. The molecule has 2 rings (SSSR count). The molecule has 0 aromatic heterocycles. The number of rotatable bonds is 3. The summed E-state index contributed by atoms with van der Waals surface area (Å²) in [6, 6.07) is 8.79. The molecule has 0 bridgehead atoms. The van der Waals surface area contributed by atoms with Gasteiger partial charge in [-0.05, 0) is 29.8 Å². The highest BCUT2D eigenvalue weighted by molar-refractivity contribution is 9.10. The van der Waals surface area contributed by atoms with Crippen molar-refractivity contribution in [2.45, 2.75) is 16.4 Å². The van der Waals surface area contributed by atoms with Crippen molar-refractivity contribution in [1.82, 2.24) is 0 Å². The monoisotopic (exact) mass is 330 g/mol. The first-order valence-electron chi connectivity index (χ1n) is 5.12. The van der Waals surface area contributed by atoms with E-state index in [1.54, 1.807) is 18.2 Å². The van der Waals surface area contributed by atoms with Crippen LogP contribution in [0.4, 0.5) is 8.78 Å². The lowest BCUT2D eigenvalue weighted by molar-refractivity contribution is 0.279. The van der Waals surface area contributed by atoms with E-state index in [1.807, 2.05) is 0 Å². The van der Waals surface area contributed by atoms with Gasteiger partial charge < -0.3 is 5.11 Å². The molecule has 5 heteroatoms. The minimum Gasteiger partial charge on any atom is -0.392 e. The van der Waals surface area contributed by atoms with Crippen LogP contribution in [-0.4, -0.2) is 5.11 Å². The maximum atomic E-state index is 13.5. The third-order valence-electron chi connectivity index (χ3n) is 2.31. The highest BCUT2D eigenvalue weighted by Gasteiger charge is 2.09. The smallest absolute Gasteiger partial charge is 0.140 e. The molecule has 94 valence electrons.